The van der Waals surface area contributed by atoms with Gasteiger partial charge in [-0.3, -0.25) is 9.59 Å². The molecule has 0 saturated carbocycles. The minimum absolute atomic E-state index is 0.444. The van der Waals surface area contributed by atoms with E-state index >= 15 is 0 Å². The number of hydrogen-bond donors (Lipinski definition) is 0. The van der Waals surface area contributed by atoms with E-state index in [2.05, 4.69) is 6.07 Å². The van der Waals surface area contributed by atoms with Crippen LogP contribution in [0.3, 0.4) is 0 Å². The lowest BCUT2D eigenvalue weighted by Crippen LogP contribution is -2.45. The molecule has 2 amide bonds. The van der Waals surface area contributed by atoms with E-state index in [4.69, 9.17) is 0 Å². The Balaban J connectivity index is 1.73. The van der Waals surface area contributed by atoms with Crippen molar-refractivity contribution in [3.05, 3.63) is 65.7 Å². The number of hydrogen-bond acceptors (Lipinski definition) is 2. The molecule has 1 aliphatic rings. The lowest BCUT2D eigenvalue weighted by atomic mass is 10.00. The molecule has 0 aromatic heterocycles. The zero-order chi connectivity index (χ0) is 15.5. The molecule has 0 N–H and O–H groups in total. The molecule has 0 radical (unpaired) electrons. The van der Waals surface area contributed by atoms with Gasteiger partial charge in [0.2, 0.25) is 0 Å². The second kappa shape index (κ2) is 6.02. The van der Waals surface area contributed by atoms with E-state index in [1.165, 1.54) is 10.5 Å². The van der Waals surface area contributed by atoms with Crippen molar-refractivity contribution in [3.63, 3.8) is 0 Å². The zero-order valence-electron chi connectivity index (χ0n) is 12.5. The molecule has 2 aromatic rings. The van der Waals surface area contributed by atoms with Crippen LogP contribution in [0.25, 0.3) is 0 Å². The van der Waals surface area contributed by atoms with Crippen LogP contribution in [-0.2, 0) is 22.6 Å². The topological polar surface area (TPSA) is 40.6 Å². The number of amides is 2. The van der Waals surface area contributed by atoms with Crippen LogP contribution in [-0.4, -0.2) is 30.3 Å². The second-order valence-corrected chi connectivity index (χ2v) is 5.45. The van der Waals surface area contributed by atoms with Crippen LogP contribution >= 0.6 is 0 Å². The van der Waals surface area contributed by atoms with Crippen molar-refractivity contribution in [2.45, 2.75) is 13.0 Å². The van der Waals surface area contributed by atoms with Crippen LogP contribution < -0.4 is 4.90 Å². The standard InChI is InChI=1S/C18H18N2O2/c1-19(16-9-3-2-4-10-16)17(21)18(22)20-12-11-14-7-5-6-8-15(14)13-20/h2-10H,11-13H2,1H3. The van der Waals surface area contributed by atoms with Gasteiger partial charge in [-0.25, -0.2) is 0 Å². The van der Waals surface area contributed by atoms with E-state index in [1.54, 1.807) is 11.9 Å². The predicted molar refractivity (Wildman–Crippen MR) is 85.4 cm³/mol. The third-order valence-electron chi connectivity index (χ3n) is 4.05. The van der Waals surface area contributed by atoms with Gasteiger partial charge in [0.1, 0.15) is 0 Å². The summed E-state index contributed by atoms with van der Waals surface area (Å²) in [5.74, 6) is -0.938. The lowest BCUT2D eigenvalue weighted by molar-refractivity contribution is -0.144. The Hall–Kier alpha value is -2.62. The fraction of sp³-hybridized carbons (Fsp3) is 0.222. The Morgan fingerprint density at radius 3 is 2.32 bits per heavy atom. The fourth-order valence-corrected chi connectivity index (χ4v) is 2.72. The van der Waals surface area contributed by atoms with Crippen LogP contribution in [0.15, 0.2) is 54.6 Å². The molecule has 0 spiro atoms. The first kappa shape index (κ1) is 14.3. The van der Waals surface area contributed by atoms with Crippen molar-refractivity contribution in [3.8, 4) is 0 Å². The third-order valence-corrected chi connectivity index (χ3v) is 4.05. The summed E-state index contributed by atoms with van der Waals surface area (Å²) in [5, 5.41) is 0. The van der Waals surface area contributed by atoms with Gasteiger partial charge in [0.05, 0.1) is 0 Å². The highest BCUT2D eigenvalue weighted by Gasteiger charge is 2.28. The largest absolute Gasteiger partial charge is 0.330 e. The molecule has 4 heteroatoms. The van der Waals surface area contributed by atoms with Crippen molar-refractivity contribution in [1.82, 2.24) is 4.90 Å². The Labute approximate surface area is 130 Å². The number of likely N-dealkylation sites (N-methyl/N-ethyl adjacent to an activating group) is 1. The highest BCUT2D eigenvalue weighted by atomic mass is 16.2. The van der Waals surface area contributed by atoms with Gasteiger partial charge < -0.3 is 9.80 Å². The number of para-hydroxylation sites is 1. The summed E-state index contributed by atoms with van der Waals surface area (Å²) in [7, 11) is 1.63. The summed E-state index contributed by atoms with van der Waals surface area (Å²) in [6, 6.07) is 17.3. The van der Waals surface area contributed by atoms with Gasteiger partial charge >= 0.3 is 11.8 Å². The van der Waals surface area contributed by atoms with E-state index in [1.807, 2.05) is 48.5 Å². The van der Waals surface area contributed by atoms with Gasteiger partial charge in [0, 0.05) is 25.8 Å². The quantitative estimate of drug-likeness (QED) is 0.757. The molecule has 0 fully saturated rings. The Bertz CT molecular complexity index is 697. The first-order valence-corrected chi connectivity index (χ1v) is 7.35. The summed E-state index contributed by atoms with van der Waals surface area (Å²) in [6.07, 6.45) is 0.796. The zero-order valence-corrected chi connectivity index (χ0v) is 12.5. The van der Waals surface area contributed by atoms with Gasteiger partial charge in [-0.15, -0.1) is 0 Å². The molecular formula is C18H18N2O2. The Morgan fingerprint density at radius 2 is 1.59 bits per heavy atom. The normalized spacial score (nSPS) is 13.4. The van der Waals surface area contributed by atoms with Crippen LogP contribution in [0.5, 0.6) is 0 Å². The Kier molecular flexibility index (Phi) is 3.92. The molecule has 4 nitrogen and oxygen atoms in total. The molecule has 0 atom stereocenters. The van der Waals surface area contributed by atoms with Crippen molar-refractivity contribution in [2.75, 3.05) is 18.5 Å². The predicted octanol–water partition coefficient (Wildman–Crippen LogP) is 2.23. The molecule has 22 heavy (non-hydrogen) atoms. The van der Waals surface area contributed by atoms with E-state index < -0.39 is 11.8 Å². The van der Waals surface area contributed by atoms with Crippen molar-refractivity contribution in [2.24, 2.45) is 0 Å². The maximum atomic E-state index is 12.5. The molecule has 3 rings (SSSR count). The van der Waals surface area contributed by atoms with Crippen LogP contribution in [0.2, 0.25) is 0 Å². The molecule has 0 aliphatic carbocycles. The lowest BCUT2D eigenvalue weighted by Gasteiger charge is -2.29. The number of benzene rings is 2. The molecule has 0 saturated heterocycles. The van der Waals surface area contributed by atoms with E-state index in [0.717, 1.165) is 17.7 Å². The summed E-state index contributed by atoms with van der Waals surface area (Å²) in [5.41, 5.74) is 3.10. The third kappa shape index (κ3) is 2.72. The molecule has 1 aliphatic heterocycles. The van der Waals surface area contributed by atoms with E-state index in [-0.39, 0.29) is 0 Å². The smallest absolute Gasteiger partial charge is 0.316 e. The molecular weight excluding hydrogens is 276 g/mol. The second-order valence-electron chi connectivity index (χ2n) is 5.45. The summed E-state index contributed by atoms with van der Waals surface area (Å²) in [4.78, 5) is 27.9. The fourth-order valence-electron chi connectivity index (χ4n) is 2.72. The summed E-state index contributed by atoms with van der Waals surface area (Å²) in [6.45, 7) is 1.09. The minimum atomic E-state index is -0.495. The molecule has 0 bridgehead atoms. The monoisotopic (exact) mass is 294 g/mol. The van der Waals surface area contributed by atoms with Gasteiger partial charge in [-0.2, -0.15) is 0 Å². The minimum Gasteiger partial charge on any atom is -0.330 e. The van der Waals surface area contributed by atoms with E-state index in [9.17, 15) is 9.59 Å². The van der Waals surface area contributed by atoms with Crippen molar-refractivity contribution < 1.29 is 9.59 Å². The van der Waals surface area contributed by atoms with Gasteiger partial charge in [0.15, 0.2) is 0 Å². The van der Waals surface area contributed by atoms with Crippen LogP contribution in [0.1, 0.15) is 11.1 Å². The average Bonchev–Trinajstić information content (AvgIpc) is 2.60. The Morgan fingerprint density at radius 1 is 0.955 bits per heavy atom. The number of nitrogens with zero attached hydrogens (tertiary/aromatic N) is 2. The number of carbonyl (C=O) groups is 2. The summed E-state index contributed by atoms with van der Waals surface area (Å²) < 4.78 is 0. The highest BCUT2D eigenvalue weighted by Crippen LogP contribution is 2.19. The first-order valence-electron chi connectivity index (χ1n) is 7.35. The van der Waals surface area contributed by atoms with Gasteiger partial charge in [-0.05, 0) is 29.7 Å². The maximum absolute atomic E-state index is 12.5. The number of anilines is 1. The van der Waals surface area contributed by atoms with Crippen LogP contribution in [0, 0.1) is 0 Å². The van der Waals surface area contributed by atoms with E-state index in [0.29, 0.717) is 13.1 Å². The molecule has 112 valence electrons. The highest BCUT2D eigenvalue weighted by molar-refractivity contribution is 6.40. The van der Waals surface area contributed by atoms with Gasteiger partial charge in [0.25, 0.3) is 0 Å². The number of fused-ring (bicyclic) bond motifs is 1. The van der Waals surface area contributed by atoms with Gasteiger partial charge in [-0.1, -0.05) is 42.5 Å². The molecule has 2 aromatic carbocycles. The van der Waals surface area contributed by atoms with Crippen LogP contribution in [0.4, 0.5) is 5.69 Å². The number of rotatable bonds is 1. The maximum Gasteiger partial charge on any atom is 0.316 e. The van der Waals surface area contributed by atoms with Crippen molar-refractivity contribution in [1.29, 1.82) is 0 Å². The molecule has 0 unspecified atom stereocenters. The summed E-state index contributed by atoms with van der Waals surface area (Å²) >= 11 is 0. The number of carbonyl (C=O) groups excluding carboxylic acids is 2. The first-order chi connectivity index (χ1) is 10.7. The SMILES string of the molecule is CN(C(=O)C(=O)N1CCc2ccccc2C1)c1ccccc1. The average molecular weight is 294 g/mol. The van der Waals surface area contributed by atoms with Crippen molar-refractivity contribution >= 4 is 17.5 Å². The molecule has 1 heterocycles.